The highest BCUT2D eigenvalue weighted by Crippen LogP contribution is 2.26. The lowest BCUT2D eigenvalue weighted by atomic mass is 11.0. The smallest absolute Gasteiger partial charge is 0.377 e. The van der Waals surface area contributed by atoms with Gasteiger partial charge < -0.3 is 42.6 Å². The van der Waals surface area contributed by atoms with Crippen LogP contribution in [0.5, 0.6) is 0 Å². The van der Waals surface area contributed by atoms with Crippen LogP contribution in [-0.2, 0) is 36.9 Å². The van der Waals surface area contributed by atoms with Crippen molar-refractivity contribution in [3.63, 3.8) is 0 Å². The van der Waals surface area contributed by atoms with E-state index in [9.17, 15) is 0 Å². The van der Waals surface area contributed by atoms with Crippen LogP contribution in [0.4, 0.5) is 0 Å². The van der Waals surface area contributed by atoms with Crippen molar-refractivity contribution in [2.75, 3.05) is 21.3 Å². The Morgan fingerprint density at radius 1 is 0.696 bits per heavy atom. The first-order valence-corrected chi connectivity index (χ1v) is 13.7. The predicted molar refractivity (Wildman–Crippen MR) is 102 cm³/mol. The molecule has 0 bridgehead atoms. The summed E-state index contributed by atoms with van der Waals surface area (Å²) >= 11 is 7.21. The van der Waals surface area contributed by atoms with Gasteiger partial charge in [0, 0.05) is 27.4 Å². The average Bonchev–Trinajstić information content (AvgIpc) is 2.43. The molecule has 0 saturated carbocycles. The second-order valence-electron chi connectivity index (χ2n) is 2.68. The normalized spacial score (nSPS) is 10.3. The van der Waals surface area contributed by atoms with E-state index in [1.807, 2.05) is 34.6 Å². The van der Waals surface area contributed by atoms with Gasteiger partial charge in [0.15, 0.2) is 0 Å². The van der Waals surface area contributed by atoms with Gasteiger partial charge in [-0.25, -0.2) is 0 Å². The van der Waals surface area contributed by atoms with E-state index in [4.69, 9.17) is 42.6 Å². The van der Waals surface area contributed by atoms with Crippen LogP contribution in [0.1, 0.15) is 34.6 Å². The molecular weight excluding hydrogens is 406 g/mol. The minimum atomic E-state index is -3.81. The summed E-state index contributed by atoms with van der Waals surface area (Å²) in [6, 6.07) is 0.816. The summed E-state index contributed by atoms with van der Waals surface area (Å²) in [4.78, 5) is 45.3. The average molecular weight is 439 g/mol. The first-order valence-electron chi connectivity index (χ1n) is 6.46. The molecule has 0 unspecified atom stereocenters. The molecule has 0 aliphatic carbocycles. The molecule has 0 saturated heterocycles. The molecule has 0 rings (SSSR count). The minimum Gasteiger partial charge on any atom is -0.377 e. The van der Waals surface area contributed by atoms with Gasteiger partial charge in [0.2, 0.25) is 0 Å². The molecule has 0 heterocycles. The van der Waals surface area contributed by atoms with Gasteiger partial charge in [-0.1, -0.05) is 34.6 Å². The Hall–Kier alpha value is 1.16. The van der Waals surface area contributed by atoms with Crippen molar-refractivity contribution in [1.29, 1.82) is 0 Å². The minimum absolute atomic E-state index is 0.816. The zero-order valence-electron chi connectivity index (χ0n) is 14.8. The molecule has 148 valence electrons. The molecule has 0 atom stereocenters. The van der Waals surface area contributed by atoms with Crippen LogP contribution < -0.4 is 0 Å². The topological polar surface area (TPSA) is 149 Å². The lowest BCUT2D eigenvalue weighted by Gasteiger charge is -2.22. The summed E-state index contributed by atoms with van der Waals surface area (Å²) in [6.45, 7) is 2.38. The van der Waals surface area contributed by atoms with E-state index < -0.39 is 22.2 Å². The molecule has 0 aromatic rings. The first kappa shape index (κ1) is 35.3. The standard InChI is InChI=1S/C5H14O3Si.2C2H6.2H3O3PS/c1-5-9(6-2,7-3)8-4;2*1-2;2*1-4(2,3)5/h5H2,1-4H3;2*1-2H3;2*(H3,1,2,3,5). The quantitative estimate of drug-likeness (QED) is 0.279. The molecular formula is C9H32O9P2S2Si. The van der Waals surface area contributed by atoms with Gasteiger partial charge in [-0.3, -0.25) is 0 Å². The number of rotatable bonds is 4. The van der Waals surface area contributed by atoms with Gasteiger partial charge in [-0.15, -0.1) is 0 Å². The molecule has 23 heavy (non-hydrogen) atoms. The Morgan fingerprint density at radius 2 is 0.826 bits per heavy atom. The molecule has 0 aromatic carbocycles. The molecule has 14 heteroatoms. The van der Waals surface area contributed by atoms with Crippen LogP contribution in [0.2, 0.25) is 6.04 Å². The zero-order chi connectivity index (χ0) is 20.3. The van der Waals surface area contributed by atoms with E-state index in [2.05, 4.69) is 23.6 Å². The highest BCUT2D eigenvalue weighted by molar-refractivity contribution is 8.06. The summed E-state index contributed by atoms with van der Waals surface area (Å²) in [5.74, 6) is 0. The molecule has 0 amide bonds. The maximum absolute atomic E-state index is 7.56. The second kappa shape index (κ2) is 21.2. The van der Waals surface area contributed by atoms with Gasteiger partial charge in [-0.05, 0) is 23.6 Å². The molecule has 0 fully saturated rings. The largest absolute Gasteiger partial charge is 0.499 e. The van der Waals surface area contributed by atoms with Gasteiger partial charge in [0.1, 0.15) is 0 Å². The van der Waals surface area contributed by atoms with Crippen LogP contribution in [-0.4, -0.2) is 59.5 Å². The van der Waals surface area contributed by atoms with Crippen molar-refractivity contribution < 1.29 is 42.6 Å². The molecule has 9 nitrogen and oxygen atoms in total. The van der Waals surface area contributed by atoms with Crippen molar-refractivity contribution in [3.8, 4) is 0 Å². The third-order valence-corrected chi connectivity index (χ3v) is 4.10. The summed E-state index contributed by atoms with van der Waals surface area (Å²) in [5.41, 5.74) is 0. The molecule has 0 aromatic heterocycles. The number of hydrogen-bond acceptors (Lipinski definition) is 5. The van der Waals surface area contributed by atoms with Crippen molar-refractivity contribution in [2.45, 2.75) is 40.7 Å². The van der Waals surface area contributed by atoms with E-state index >= 15 is 0 Å². The van der Waals surface area contributed by atoms with E-state index in [0.717, 1.165) is 6.04 Å². The number of hydrogen-bond donors (Lipinski definition) is 6. The highest BCUT2D eigenvalue weighted by Gasteiger charge is 2.34. The SMILES string of the molecule is CC.CC.CC[Si](OC)(OC)OC.OP(O)(O)=S.OP(O)(O)=S. The fourth-order valence-corrected chi connectivity index (χ4v) is 2.05. The summed E-state index contributed by atoms with van der Waals surface area (Å²) in [5, 5.41) is 0. The Balaban J connectivity index is -0.0000000667. The second-order valence-corrected chi connectivity index (χ2v) is 11.0. The fraction of sp³-hybridized carbons (Fsp3) is 1.00. The lowest BCUT2D eigenvalue weighted by molar-refractivity contribution is 0.125. The molecule has 6 N–H and O–H groups in total. The van der Waals surface area contributed by atoms with E-state index in [1.165, 1.54) is 0 Å². The van der Waals surface area contributed by atoms with Crippen LogP contribution in [0.3, 0.4) is 0 Å². The van der Waals surface area contributed by atoms with Crippen molar-refractivity contribution in [2.24, 2.45) is 0 Å². The van der Waals surface area contributed by atoms with E-state index in [0.29, 0.717) is 0 Å². The molecule has 0 radical (unpaired) electrons. The Kier molecular flexibility index (Phi) is 32.5. The van der Waals surface area contributed by atoms with Gasteiger partial charge in [-0.2, -0.15) is 0 Å². The maximum atomic E-state index is 7.56. The summed E-state index contributed by atoms with van der Waals surface area (Å²) < 4.78 is 15.2. The van der Waals surface area contributed by atoms with E-state index in [1.54, 1.807) is 21.3 Å². The third-order valence-electron chi connectivity index (χ3n) is 1.37. The monoisotopic (exact) mass is 438 g/mol. The van der Waals surface area contributed by atoms with Crippen LogP contribution in [0.25, 0.3) is 0 Å². The van der Waals surface area contributed by atoms with Crippen LogP contribution in [0, 0.1) is 0 Å². The predicted octanol–water partition coefficient (Wildman–Crippen LogP) is 1.31. The van der Waals surface area contributed by atoms with Gasteiger partial charge in [0.05, 0.1) is 0 Å². The lowest BCUT2D eigenvalue weighted by Crippen LogP contribution is -2.41. The fourth-order valence-electron chi connectivity index (χ4n) is 0.683. The summed E-state index contributed by atoms with van der Waals surface area (Å²) in [6.07, 6.45) is 0. The maximum Gasteiger partial charge on any atom is 0.499 e. The Morgan fingerprint density at radius 3 is 0.826 bits per heavy atom. The van der Waals surface area contributed by atoms with Crippen molar-refractivity contribution in [3.05, 3.63) is 0 Å². The Labute approximate surface area is 150 Å². The van der Waals surface area contributed by atoms with Crippen LogP contribution in [0.15, 0.2) is 0 Å². The molecule has 0 aliphatic heterocycles. The zero-order valence-corrected chi connectivity index (χ0v) is 19.2. The Bertz CT molecular complexity index is 253. The van der Waals surface area contributed by atoms with Crippen LogP contribution >= 0.6 is 13.4 Å². The molecule has 0 aliphatic rings. The van der Waals surface area contributed by atoms with Gasteiger partial charge >= 0.3 is 22.2 Å². The van der Waals surface area contributed by atoms with Crippen molar-refractivity contribution >= 4 is 45.9 Å². The highest BCUT2D eigenvalue weighted by atomic mass is 32.5. The third kappa shape index (κ3) is 59.9. The van der Waals surface area contributed by atoms with E-state index in [-0.39, 0.29) is 0 Å². The van der Waals surface area contributed by atoms with Crippen molar-refractivity contribution in [1.82, 2.24) is 0 Å². The van der Waals surface area contributed by atoms with Gasteiger partial charge in [0.25, 0.3) is 0 Å². The summed E-state index contributed by atoms with van der Waals surface area (Å²) in [7, 11) is 2.65. The first-order chi connectivity index (χ1) is 10.2. The molecule has 0 spiro atoms.